The summed E-state index contributed by atoms with van der Waals surface area (Å²) in [6, 6.07) is 23.1. The fourth-order valence-electron chi connectivity index (χ4n) is 3.75. The number of nitrogens with one attached hydrogen (secondary N) is 2. The zero-order valence-corrected chi connectivity index (χ0v) is 17.6. The van der Waals surface area contributed by atoms with Gasteiger partial charge in [0.2, 0.25) is 5.91 Å². The molecule has 0 aliphatic heterocycles. The second kappa shape index (κ2) is 8.83. The predicted octanol–water partition coefficient (Wildman–Crippen LogP) is 4.95. The summed E-state index contributed by atoms with van der Waals surface area (Å²) in [5, 5.41) is 9.25. The highest BCUT2D eigenvalue weighted by Crippen LogP contribution is 2.30. The van der Waals surface area contributed by atoms with E-state index in [1.165, 1.54) is 5.52 Å². The molecule has 0 radical (unpaired) electrons. The zero-order valence-electron chi connectivity index (χ0n) is 17.6. The normalized spacial score (nSPS) is 11.6. The molecule has 6 nitrogen and oxygen atoms in total. The quantitative estimate of drug-likeness (QED) is 0.347. The second-order valence-corrected chi connectivity index (χ2v) is 7.37. The van der Waals surface area contributed by atoms with Crippen LogP contribution in [0.5, 0.6) is 0 Å². The lowest BCUT2D eigenvalue weighted by molar-refractivity contribution is -0.115. The first-order valence-corrected chi connectivity index (χ1v) is 10.3. The van der Waals surface area contributed by atoms with Gasteiger partial charge in [-0.05, 0) is 50.2 Å². The molecule has 1 heterocycles. The van der Waals surface area contributed by atoms with Crippen LogP contribution >= 0.6 is 0 Å². The summed E-state index contributed by atoms with van der Waals surface area (Å²) >= 11 is 0. The number of hydrogen-bond acceptors (Lipinski definition) is 3. The molecule has 0 saturated carbocycles. The van der Waals surface area contributed by atoms with Gasteiger partial charge >= 0.3 is 0 Å². The van der Waals surface area contributed by atoms with Crippen LogP contribution in [0.2, 0.25) is 0 Å². The van der Waals surface area contributed by atoms with E-state index in [1.54, 1.807) is 31.2 Å². The Balaban J connectivity index is 1.46. The Bertz CT molecular complexity index is 1290. The molecule has 2 N–H and O–H groups in total. The maximum absolute atomic E-state index is 12.5. The number of amides is 2. The highest BCUT2D eigenvalue weighted by atomic mass is 16.2. The number of rotatable bonds is 6. The van der Waals surface area contributed by atoms with Crippen molar-refractivity contribution in [1.82, 2.24) is 9.99 Å². The Hall–Kier alpha value is -3.93. The van der Waals surface area contributed by atoms with E-state index in [2.05, 4.69) is 39.5 Å². The molecular formula is C25H24N4O2. The van der Waals surface area contributed by atoms with Gasteiger partial charge in [-0.2, -0.15) is 5.10 Å². The van der Waals surface area contributed by atoms with Crippen LogP contribution in [0, 0.1) is 0 Å². The van der Waals surface area contributed by atoms with Crippen LogP contribution in [-0.2, 0) is 11.3 Å². The molecule has 4 aromatic rings. The van der Waals surface area contributed by atoms with Crippen molar-refractivity contribution < 1.29 is 9.59 Å². The summed E-state index contributed by atoms with van der Waals surface area (Å²) in [6.07, 6.45) is 0.0871. The maximum Gasteiger partial charge on any atom is 0.271 e. The topological polar surface area (TPSA) is 75.5 Å². The third-order valence-electron chi connectivity index (χ3n) is 5.17. The number of carbonyl (C=O) groups excluding carboxylic acids is 2. The first-order chi connectivity index (χ1) is 15.1. The highest BCUT2D eigenvalue weighted by Gasteiger charge is 2.11. The third-order valence-corrected chi connectivity index (χ3v) is 5.17. The van der Waals surface area contributed by atoms with E-state index < -0.39 is 0 Å². The van der Waals surface area contributed by atoms with E-state index >= 15 is 0 Å². The smallest absolute Gasteiger partial charge is 0.271 e. The van der Waals surface area contributed by atoms with E-state index in [1.807, 2.05) is 36.4 Å². The molecule has 2 amide bonds. The van der Waals surface area contributed by atoms with Crippen molar-refractivity contribution in [3.05, 3.63) is 78.4 Å². The van der Waals surface area contributed by atoms with Crippen molar-refractivity contribution in [1.29, 1.82) is 0 Å². The number of hydrazone groups is 1. The summed E-state index contributed by atoms with van der Waals surface area (Å²) in [7, 11) is 0. The average Bonchev–Trinajstić information content (AvgIpc) is 3.11. The minimum Gasteiger partial charge on any atom is -0.341 e. The molecule has 0 bridgehead atoms. The van der Waals surface area contributed by atoms with Gasteiger partial charge in [0, 0.05) is 45.3 Å². The van der Waals surface area contributed by atoms with Crippen LogP contribution in [0.15, 0.2) is 77.9 Å². The van der Waals surface area contributed by atoms with Gasteiger partial charge in [0.15, 0.2) is 0 Å². The van der Waals surface area contributed by atoms with E-state index in [9.17, 15) is 9.59 Å². The SMILES string of the molecule is CCn1c2ccccc2c2cc(NC(=O)CC(C)=NNC(=O)c3ccccc3)ccc21. The summed E-state index contributed by atoms with van der Waals surface area (Å²) in [5.74, 6) is -0.494. The Kier molecular flexibility index (Phi) is 5.80. The Morgan fingerprint density at radius 1 is 0.903 bits per heavy atom. The van der Waals surface area contributed by atoms with Crippen molar-refractivity contribution in [2.24, 2.45) is 5.10 Å². The van der Waals surface area contributed by atoms with Crippen LogP contribution in [0.1, 0.15) is 30.6 Å². The molecule has 31 heavy (non-hydrogen) atoms. The summed E-state index contributed by atoms with van der Waals surface area (Å²) in [4.78, 5) is 24.6. The number of fused-ring (bicyclic) bond motifs is 3. The van der Waals surface area contributed by atoms with Gasteiger partial charge in [0.05, 0.1) is 6.42 Å². The van der Waals surface area contributed by atoms with E-state index in [0.717, 1.165) is 28.5 Å². The van der Waals surface area contributed by atoms with Crippen LogP contribution < -0.4 is 10.7 Å². The van der Waals surface area contributed by atoms with Gasteiger partial charge < -0.3 is 9.88 Å². The first kappa shape index (κ1) is 20.3. The van der Waals surface area contributed by atoms with Crippen molar-refractivity contribution >= 4 is 45.0 Å². The molecule has 0 aliphatic rings. The highest BCUT2D eigenvalue weighted by molar-refractivity contribution is 6.11. The largest absolute Gasteiger partial charge is 0.341 e. The minimum absolute atomic E-state index is 0.0871. The molecule has 0 spiro atoms. The van der Waals surface area contributed by atoms with Gasteiger partial charge in [-0.15, -0.1) is 0 Å². The van der Waals surface area contributed by atoms with E-state index in [-0.39, 0.29) is 18.2 Å². The number of nitrogens with zero attached hydrogens (tertiary/aromatic N) is 2. The Labute approximate surface area is 180 Å². The van der Waals surface area contributed by atoms with E-state index in [0.29, 0.717) is 11.3 Å². The van der Waals surface area contributed by atoms with Gasteiger partial charge in [0.25, 0.3) is 5.91 Å². The van der Waals surface area contributed by atoms with Crippen LogP contribution in [-0.4, -0.2) is 22.1 Å². The summed E-state index contributed by atoms with van der Waals surface area (Å²) < 4.78 is 2.27. The summed E-state index contributed by atoms with van der Waals surface area (Å²) in [5.41, 5.74) is 6.58. The van der Waals surface area contributed by atoms with E-state index in [4.69, 9.17) is 0 Å². The molecule has 6 heteroatoms. The van der Waals surface area contributed by atoms with Crippen LogP contribution in [0.3, 0.4) is 0 Å². The summed E-state index contributed by atoms with van der Waals surface area (Å²) in [6.45, 7) is 4.71. The lowest BCUT2D eigenvalue weighted by atomic mass is 10.1. The van der Waals surface area contributed by atoms with Crippen molar-refractivity contribution in [3.8, 4) is 0 Å². The standard InChI is InChI=1S/C25H24N4O2/c1-3-29-22-12-8-7-11-20(22)21-16-19(13-14-23(21)29)26-24(30)15-17(2)27-28-25(31)18-9-5-4-6-10-18/h4-14,16H,3,15H2,1-2H3,(H,26,30)(H,28,31). The Morgan fingerprint density at radius 3 is 2.39 bits per heavy atom. The minimum atomic E-state index is -0.307. The molecule has 4 rings (SSSR count). The molecule has 0 atom stereocenters. The fourth-order valence-corrected chi connectivity index (χ4v) is 3.75. The number of anilines is 1. The number of hydrogen-bond donors (Lipinski definition) is 2. The zero-order chi connectivity index (χ0) is 21.8. The molecule has 3 aromatic carbocycles. The Morgan fingerprint density at radius 2 is 1.61 bits per heavy atom. The predicted molar refractivity (Wildman–Crippen MR) is 125 cm³/mol. The van der Waals surface area contributed by atoms with Crippen molar-refractivity contribution in [2.75, 3.05) is 5.32 Å². The monoisotopic (exact) mass is 412 g/mol. The van der Waals surface area contributed by atoms with Gasteiger partial charge in [-0.25, -0.2) is 5.43 Å². The fraction of sp³-hybridized carbons (Fsp3) is 0.160. The van der Waals surface area contributed by atoms with Crippen molar-refractivity contribution in [2.45, 2.75) is 26.8 Å². The second-order valence-electron chi connectivity index (χ2n) is 7.37. The molecular weight excluding hydrogens is 388 g/mol. The van der Waals surface area contributed by atoms with Crippen molar-refractivity contribution in [3.63, 3.8) is 0 Å². The molecule has 156 valence electrons. The molecule has 1 aromatic heterocycles. The number of aromatic nitrogens is 1. The van der Waals surface area contributed by atoms with Crippen LogP contribution in [0.25, 0.3) is 21.8 Å². The van der Waals surface area contributed by atoms with Gasteiger partial charge in [0.1, 0.15) is 0 Å². The van der Waals surface area contributed by atoms with Gasteiger partial charge in [-0.3, -0.25) is 9.59 Å². The number of benzene rings is 3. The third kappa shape index (κ3) is 4.33. The molecule has 0 unspecified atom stereocenters. The number of carbonyl (C=O) groups is 2. The molecule has 0 aliphatic carbocycles. The van der Waals surface area contributed by atoms with Crippen LogP contribution in [0.4, 0.5) is 5.69 Å². The number of para-hydroxylation sites is 1. The number of aryl methyl sites for hydroxylation is 1. The van der Waals surface area contributed by atoms with Gasteiger partial charge in [-0.1, -0.05) is 36.4 Å². The molecule has 0 saturated heterocycles. The lowest BCUT2D eigenvalue weighted by Gasteiger charge is -2.07. The maximum atomic E-state index is 12.5. The average molecular weight is 412 g/mol. The first-order valence-electron chi connectivity index (χ1n) is 10.3. The molecule has 0 fully saturated rings. The lowest BCUT2D eigenvalue weighted by Crippen LogP contribution is -2.21.